The summed E-state index contributed by atoms with van der Waals surface area (Å²) in [5, 5.41) is -1.39. The number of fused-ring (bicyclic) bond motifs is 3. The van der Waals surface area contributed by atoms with Crippen LogP contribution < -0.4 is 0 Å². The van der Waals surface area contributed by atoms with Gasteiger partial charge in [0.05, 0.1) is 0 Å². The molecule has 2 aromatic carbocycles. The molecule has 0 fully saturated rings. The molecule has 1 nitrogen and oxygen atoms in total. The van der Waals surface area contributed by atoms with Crippen LogP contribution in [-0.4, -0.2) is 5.78 Å². The van der Waals surface area contributed by atoms with Crippen molar-refractivity contribution in [1.29, 1.82) is 0 Å². The largest absolute Gasteiger partial charge is 0.296 e. The molecular weight excluding hydrogens is 291 g/mol. The van der Waals surface area contributed by atoms with Gasteiger partial charge in [0.2, 0.25) is 0 Å². The number of Topliss-reactive ketones (excluding diaryl/α,β-unsaturated/α-hetero) is 1. The molecule has 2 atom stereocenters. The van der Waals surface area contributed by atoms with E-state index in [4.69, 9.17) is 23.2 Å². The normalized spacial score (nSPS) is 21.1. The minimum atomic E-state index is -0.695. The molecule has 1 aliphatic rings. The Morgan fingerprint density at radius 1 is 0.800 bits per heavy atom. The van der Waals surface area contributed by atoms with Crippen molar-refractivity contribution in [3.63, 3.8) is 0 Å². The Morgan fingerprint density at radius 2 is 1.20 bits per heavy atom. The average Bonchev–Trinajstić information content (AvgIpc) is 2.52. The van der Waals surface area contributed by atoms with Crippen LogP contribution in [0.2, 0.25) is 0 Å². The first-order valence-electron chi connectivity index (χ1n) is 6.53. The van der Waals surface area contributed by atoms with Gasteiger partial charge in [-0.3, -0.25) is 4.79 Å². The third-order valence-corrected chi connectivity index (χ3v) is 4.81. The van der Waals surface area contributed by atoms with E-state index in [1.54, 1.807) is 0 Å². The van der Waals surface area contributed by atoms with E-state index in [0.717, 1.165) is 33.4 Å². The van der Waals surface area contributed by atoms with Gasteiger partial charge in [0.25, 0.3) is 0 Å². The number of carbonyl (C=O) groups is 1. The first-order chi connectivity index (χ1) is 9.52. The highest BCUT2D eigenvalue weighted by molar-refractivity contribution is 6.41. The molecule has 0 aliphatic heterocycles. The van der Waals surface area contributed by atoms with Crippen molar-refractivity contribution in [1.82, 2.24) is 0 Å². The predicted octanol–water partition coefficient (Wildman–Crippen LogP) is 5.11. The van der Waals surface area contributed by atoms with Gasteiger partial charge >= 0.3 is 0 Å². The molecule has 3 heteroatoms. The fraction of sp³-hybridized carbons (Fsp3) is 0.235. The van der Waals surface area contributed by atoms with Crippen molar-refractivity contribution < 1.29 is 4.79 Å². The Balaban J connectivity index is 2.46. The van der Waals surface area contributed by atoms with Gasteiger partial charge in [0.1, 0.15) is 10.8 Å². The maximum absolute atomic E-state index is 12.4. The van der Waals surface area contributed by atoms with Gasteiger partial charge in [-0.2, -0.15) is 0 Å². The topological polar surface area (TPSA) is 17.1 Å². The molecule has 3 rings (SSSR count). The fourth-order valence-corrected chi connectivity index (χ4v) is 3.60. The van der Waals surface area contributed by atoms with Crippen molar-refractivity contribution in [2.45, 2.75) is 24.6 Å². The van der Waals surface area contributed by atoms with E-state index < -0.39 is 10.8 Å². The van der Waals surface area contributed by atoms with Crippen LogP contribution in [-0.2, 0) is 4.79 Å². The molecule has 0 amide bonds. The van der Waals surface area contributed by atoms with E-state index in [1.165, 1.54) is 0 Å². The summed E-state index contributed by atoms with van der Waals surface area (Å²) >= 11 is 12.8. The summed E-state index contributed by atoms with van der Waals surface area (Å²) in [6, 6.07) is 11.8. The number of ketones is 1. The van der Waals surface area contributed by atoms with Crippen molar-refractivity contribution >= 4 is 29.0 Å². The molecule has 0 spiro atoms. The lowest BCUT2D eigenvalue weighted by atomic mass is 9.89. The molecule has 0 aromatic heterocycles. The molecular formula is C17H14Cl2O. The number of rotatable bonds is 0. The fourth-order valence-electron chi connectivity index (χ4n) is 2.92. The quantitative estimate of drug-likeness (QED) is 0.618. The molecule has 0 bridgehead atoms. The highest BCUT2D eigenvalue weighted by atomic mass is 35.5. The van der Waals surface area contributed by atoms with Crippen LogP contribution in [0.25, 0.3) is 11.1 Å². The zero-order chi connectivity index (χ0) is 14.4. The molecule has 0 N–H and O–H groups in total. The van der Waals surface area contributed by atoms with E-state index in [1.807, 2.05) is 50.2 Å². The second-order valence-corrected chi connectivity index (χ2v) is 6.08. The lowest BCUT2D eigenvalue weighted by molar-refractivity contribution is -0.118. The number of halogens is 2. The Hall–Kier alpha value is -1.31. The summed E-state index contributed by atoms with van der Waals surface area (Å²) in [5.41, 5.74) is 6.05. The van der Waals surface area contributed by atoms with E-state index in [0.29, 0.717) is 0 Å². The highest BCUT2D eigenvalue weighted by Crippen LogP contribution is 2.46. The van der Waals surface area contributed by atoms with E-state index in [-0.39, 0.29) is 5.78 Å². The van der Waals surface area contributed by atoms with Crippen LogP contribution in [0.1, 0.15) is 33.0 Å². The van der Waals surface area contributed by atoms with Crippen molar-refractivity contribution in [3.8, 4) is 11.1 Å². The maximum Gasteiger partial charge on any atom is 0.177 e. The highest BCUT2D eigenvalue weighted by Gasteiger charge is 2.34. The summed E-state index contributed by atoms with van der Waals surface area (Å²) < 4.78 is 0. The molecule has 1 aliphatic carbocycles. The molecule has 0 saturated carbocycles. The van der Waals surface area contributed by atoms with E-state index in [9.17, 15) is 4.79 Å². The van der Waals surface area contributed by atoms with Gasteiger partial charge in [-0.05, 0) is 47.2 Å². The minimum Gasteiger partial charge on any atom is -0.296 e. The van der Waals surface area contributed by atoms with Crippen LogP contribution in [0.5, 0.6) is 0 Å². The number of carbonyl (C=O) groups excluding carboxylic acids is 1. The summed E-state index contributed by atoms with van der Waals surface area (Å²) in [7, 11) is 0. The van der Waals surface area contributed by atoms with Gasteiger partial charge in [-0.15, -0.1) is 23.2 Å². The van der Waals surface area contributed by atoms with Gasteiger partial charge in [0.15, 0.2) is 5.78 Å². The van der Waals surface area contributed by atoms with Gasteiger partial charge in [-0.25, -0.2) is 0 Å². The Labute approximate surface area is 128 Å². The van der Waals surface area contributed by atoms with Gasteiger partial charge in [-0.1, -0.05) is 36.4 Å². The number of benzene rings is 2. The monoisotopic (exact) mass is 304 g/mol. The predicted molar refractivity (Wildman–Crippen MR) is 83.5 cm³/mol. The summed E-state index contributed by atoms with van der Waals surface area (Å²) in [6.07, 6.45) is 0. The molecule has 20 heavy (non-hydrogen) atoms. The molecule has 102 valence electrons. The zero-order valence-electron chi connectivity index (χ0n) is 11.3. The second kappa shape index (κ2) is 4.91. The molecule has 0 heterocycles. The molecule has 0 radical (unpaired) electrons. The van der Waals surface area contributed by atoms with Crippen molar-refractivity contribution in [2.75, 3.05) is 0 Å². The SMILES string of the molecule is Cc1cccc2c1-c1c(C)cccc1C(Cl)C(=O)C2Cl. The standard InChI is InChI=1S/C17H14Cl2O/c1-9-5-3-7-11-13(9)14-10(2)6-4-8-12(14)16(19)17(20)15(11)18/h3-8,15-16H,1-2H3. The van der Waals surface area contributed by atoms with E-state index >= 15 is 0 Å². The lowest BCUT2D eigenvalue weighted by Gasteiger charge is -2.16. The van der Waals surface area contributed by atoms with Crippen LogP contribution in [0, 0.1) is 13.8 Å². The van der Waals surface area contributed by atoms with Gasteiger partial charge < -0.3 is 0 Å². The first-order valence-corrected chi connectivity index (χ1v) is 7.41. The number of alkyl halides is 2. The molecule has 2 aromatic rings. The Kier molecular flexibility index (Phi) is 3.35. The van der Waals surface area contributed by atoms with Crippen LogP contribution >= 0.6 is 23.2 Å². The smallest absolute Gasteiger partial charge is 0.177 e. The molecule has 2 unspecified atom stereocenters. The Bertz CT molecular complexity index is 647. The summed E-state index contributed by atoms with van der Waals surface area (Å²) in [6.45, 7) is 4.08. The third kappa shape index (κ3) is 1.88. The summed E-state index contributed by atoms with van der Waals surface area (Å²) in [4.78, 5) is 12.4. The van der Waals surface area contributed by atoms with Crippen LogP contribution in [0.15, 0.2) is 36.4 Å². The lowest BCUT2D eigenvalue weighted by Crippen LogP contribution is -2.11. The summed E-state index contributed by atoms with van der Waals surface area (Å²) in [5.74, 6) is -0.149. The van der Waals surface area contributed by atoms with Crippen LogP contribution in [0.4, 0.5) is 0 Å². The number of hydrogen-bond acceptors (Lipinski definition) is 1. The van der Waals surface area contributed by atoms with Crippen LogP contribution in [0.3, 0.4) is 0 Å². The zero-order valence-corrected chi connectivity index (χ0v) is 12.8. The number of aryl methyl sites for hydroxylation is 2. The molecule has 0 saturated heterocycles. The van der Waals surface area contributed by atoms with Crippen molar-refractivity contribution in [2.24, 2.45) is 0 Å². The number of hydrogen-bond donors (Lipinski definition) is 0. The van der Waals surface area contributed by atoms with Gasteiger partial charge in [0, 0.05) is 0 Å². The average molecular weight is 305 g/mol. The Morgan fingerprint density at radius 3 is 1.60 bits per heavy atom. The first kappa shape index (κ1) is 13.7. The van der Waals surface area contributed by atoms with Crippen molar-refractivity contribution in [3.05, 3.63) is 58.7 Å². The third-order valence-electron chi connectivity index (χ3n) is 3.91. The second-order valence-electron chi connectivity index (χ2n) is 5.21. The minimum absolute atomic E-state index is 0.149. The maximum atomic E-state index is 12.4. The van der Waals surface area contributed by atoms with E-state index in [2.05, 4.69) is 0 Å².